The van der Waals surface area contributed by atoms with Gasteiger partial charge in [0, 0.05) is 12.3 Å². The Labute approximate surface area is 187 Å². The quantitative estimate of drug-likeness (QED) is 0.548. The summed E-state index contributed by atoms with van der Waals surface area (Å²) in [5.41, 5.74) is 1.59. The van der Waals surface area contributed by atoms with E-state index in [1.165, 1.54) is 12.0 Å². The van der Waals surface area contributed by atoms with E-state index in [9.17, 15) is 10.2 Å². The molecular formula is C27H42O4. The number of ether oxygens (including phenoxy) is 2. The van der Waals surface area contributed by atoms with Crippen molar-refractivity contribution in [1.29, 1.82) is 0 Å². The van der Waals surface area contributed by atoms with E-state index in [-0.39, 0.29) is 34.9 Å². The number of allylic oxidation sites excluding steroid dienone is 1. The molecule has 4 nitrogen and oxygen atoms in total. The first-order valence-electron chi connectivity index (χ1n) is 13.1. The van der Waals surface area contributed by atoms with Crippen LogP contribution >= 0.6 is 0 Å². The van der Waals surface area contributed by atoms with Crippen molar-refractivity contribution in [3.63, 3.8) is 0 Å². The Morgan fingerprint density at radius 3 is 2.61 bits per heavy atom. The predicted molar refractivity (Wildman–Crippen MR) is 119 cm³/mol. The fourth-order valence-electron chi connectivity index (χ4n) is 9.79. The van der Waals surface area contributed by atoms with Gasteiger partial charge >= 0.3 is 0 Å². The largest absolute Gasteiger partial charge is 0.393 e. The van der Waals surface area contributed by atoms with Gasteiger partial charge in [-0.1, -0.05) is 39.3 Å². The molecule has 4 aliphatic carbocycles. The second kappa shape index (κ2) is 6.81. The van der Waals surface area contributed by atoms with E-state index in [0.29, 0.717) is 35.5 Å². The van der Waals surface area contributed by atoms with Gasteiger partial charge in [0.05, 0.1) is 24.9 Å². The molecule has 2 heterocycles. The van der Waals surface area contributed by atoms with Gasteiger partial charge in [0.2, 0.25) is 0 Å². The number of aliphatic hydroxyl groups is 2. The van der Waals surface area contributed by atoms with Crippen LogP contribution in [0.25, 0.3) is 0 Å². The molecule has 5 fully saturated rings. The van der Waals surface area contributed by atoms with Gasteiger partial charge in [-0.15, -0.1) is 0 Å². The van der Waals surface area contributed by atoms with E-state index in [4.69, 9.17) is 9.47 Å². The first-order valence-corrected chi connectivity index (χ1v) is 13.1. The van der Waals surface area contributed by atoms with Crippen LogP contribution in [0.4, 0.5) is 0 Å². The number of aliphatic hydroxyl groups excluding tert-OH is 2. The zero-order valence-electron chi connectivity index (χ0n) is 19.8. The minimum absolute atomic E-state index is 0.0525. The maximum Gasteiger partial charge on any atom is 0.171 e. The third kappa shape index (κ3) is 2.74. The van der Waals surface area contributed by atoms with Crippen LogP contribution in [0.3, 0.4) is 0 Å². The molecule has 2 N–H and O–H groups in total. The van der Waals surface area contributed by atoms with Gasteiger partial charge in [-0.25, -0.2) is 0 Å². The Hall–Kier alpha value is -0.420. The van der Waals surface area contributed by atoms with Gasteiger partial charge < -0.3 is 19.7 Å². The van der Waals surface area contributed by atoms with Crippen molar-refractivity contribution in [3.05, 3.63) is 11.6 Å². The average Bonchev–Trinajstić information content (AvgIpc) is 3.15. The van der Waals surface area contributed by atoms with Crippen LogP contribution in [0.15, 0.2) is 11.6 Å². The van der Waals surface area contributed by atoms with Crippen molar-refractivity contribution in [2.75, 3.05) is 6.61 Å². The lowest BCUT2D eigenvalue weighted by Crippen LogP contribution is -2.57. The molecule has 0 aromatic carbocycles. The van der Waals surface area contributed by atoms with Crippen LogP contribution in [-0.4, -0.2) is 40.9 Å². The van der Waals surface area contributed by atoms with Crippen LogP contribution < -0.4 is 0 Å². The van der Waals surface area contributed by atoms with Crippen LogP contribution in [0, 0.1) is 46.3 Å². The van der Waals surface area contributed by atoms with Crippen molar-refractivity contribution in [2.45, 2.75) is 103 Å². The molecule has 1 spiro atoms. The van der Waals surface area contributed by atoms with E-state index in [0.717, 1.165) is 51.6 Å². The summed E-state index contributed by atoms with van der Waals surface area (Å²) in [5, 5.41) is 21.9. The normalized spacial score (nSPS) is 60.7. The molecule has 0 aromatic rings. The molecule has 0 bridgehead atoms. The van der Waals surface area contributed by atoms with Crippen LogP contribution in [0.1, 0.15) is 79.1 Å². The van der Waals surface area contributed by atoms with Gasteiger partial charge in [-0.05, 0) is 85.4 Å². The Morgan fingerprint density at radius 1 is 1.06 bits per heavy atom. The molecule has 6 aliphatic rings. The summed E-state index contributed by atoms with van der Waals surface area (Å²) in [7, 11) is 0. The van der Waals surface area contributed by atoms with Crippen LogP contribution in [-0.2, 0) is 9.47 Å². The van der Waals surface area contributed by atoms with Gasteiger partial charge in [-0.2, -0.15) is 0 Å². The highest BCUT2D eigenvalue weighted by molar-refractivity contribution is 5.27. The van der Waals surface area contributed by atoms with E-state index < -0.39 is 0 Å². The highest BCUT2D eigenvalue weighted by Gasteiger charge is 2.70. The second-order valence-corrected chi connectivity index (χ2v) is 12.8. The average molecular weight is 431 g/mol. The molecule has 2 aliphatic heterocycles. The maximum atomic E-state index is 11.7. The zero-order chi connectivity index (χ0) is 21.8. The lowest BCUT2D eigenvalue weighted by molar-refractivity contribution is -0.273. The summed E-state index contributed by atoms with van der Waals surface area (Å²) < 4.78 is 13.3. The molecule has 31 heavy (non-hydrogen) atoms. The lowest BCUT2D eigenvalue weighted by Gasteiger charge is -2.60. The van der Waals surface area contributed by atoms with Crippen LogP contribution in [0.5, 0.6) is 0 Å². The van der Waals surface area contributed by atoms with Crippen molar-refractivity contribution >= 4 is 0 Å². The summed E-state index contributed by atoms with van der Waals surface area (Å²) in [6.07, 6.45) is 10.2. The van der Waals surface area contributed by atoms with Crippen LogP contribution in [0.2, 0.25) is 0 Å². The van der Waals surface area contributed by atoms with E-state index in [1.54, 1.807) is 0 Å². The minimum atomic E-state index is -0.386. The maximum absolute atomic E-state index is 11.7. The molecule has 4 heteroatoms. The topological polar surface area (TPSA) is 58.9 Å². The summed E-state index contributed by atoms with van der Waals surface area (Å²) in [6.45, 7) is 10.3. The smallest absolute Gasteiger partial charge is 0.171 e. The van der Waals surface area contributed by atoms with Crippen molar-refractivity contribution in [2.24, 2.45) is 46.3 Å². The Kier molecular flexibility index (Phi) is 4.64. The summed E-state index contributed by atoms with van der Waals surface area (Å²) >= 11 is 0. The number of hydrogen-bond donors (Lipinski definition) is 2. The summed E-state index contributed by atoms with van der Waals surface area (Å²) in [4.78, 5) is 0. The molecule has 2 saturated heterocycles. The lowest BCUT2D eigenvalue weighted by atomic mass is 9.46. The summed E-state index contributed by atoms with van der Waals surface area (Å²) in [6, 6.07) is 0. The molecule has 0 aromatic heterocycles. The Morgan fingerprint density at radius 2 is 1.87 bits per heavy atom. The molecular weight excluding hydrogens is 388 g/mol. The van der Waals surface area contributed by atoms with Gasteiger partial charge in [0.25, 0.3) is 0 Å². The number of fused-ring (bicyclic) bond motifs is 7. The van der Waals surface area contributed by atoms with E-state index >= 15 is 0 Å². The molecule has 0 radical (unpaired) electrons. The molecule has 3 saturated carbocycles. The van der Waals surface area contributed by atoms with E-state index in [1.807, 2.05) is 0 Å². The number of hydrogen-bond acceptors (Lipinski definition) is 4. The third-order valence-corrected chi connectivity index (χ3v) is 11.3. The fourth-order valence-corrected chi connectivity index (χ4v) is 9.79. The Bertz CT molecular complexity index is 769. The third-order valence-electron chi connectivity index (χ3n) is 11.3. The van der Waals surface area contributed by atoms with Gasteiger partial charge in [0.15, 0.2) is 5.79 Å². The predicted octanol–water partition coefficient (Wildman–Crippen LogP) is 4.68. The summed E-state index contributed by atoms with van der Waals surface area (Å²) in [5.74, 6) is 2.57. The molecule has 3 unspecified atom stereocenters. The minimum Gasteiger partial charge on any atom is -0.393 e. The highest BCUT2D eigenvalue weighted by atomic mass is 16.7. The molecule has 6 rings (SSSR count). The SMILES string of the molecule is CC1CC[C@@]2(OC1)O[C@H]1C[C@H]3[C@@H]4CC=C5CC(O)CC[C@]5(C)[C@H]4C(O)C[C@]3(C)[C@H]1[C@@H]2C. The fraction of sp³-hybridized carbons (Fsp3) is 0.926. The van der Waals surface area contributed by atoms with Crippen molar-refractivity contribution in [3.8, 4) is 0 Å². The van der Waals surface area contributed by atoms with Gasteiger partial charge in [0.1, 0.15) is 0 Å². The first-order chi connectivity index (χ1) is 14.7. The highest BCUT2D eigenvalue weighted by Crippen LogP contribution is 2.70. The molecule has 174 valence electrons. The molecule has 12 atom stereocenters. The first kappa shape index (κ1) is 21.1. The monoisotopic (exact) mass is 430 g/mol. The Balaban J connectivity index is 1.31. The zero-order valence-corrected chi connectivity index (χ0v) is 19.8. The van der Waals surface area contributed by atoms with E-state index in [2.05, 4.69) is 33.8 Å². The number of rotatable bonds is 0. The van der Waals surface area contributed by atoms with Crippen molar-refractivity contribution < 1.29 is 19.7 Å². The standard InChI is InChI=1S/C27H42O4/c1-15-7-10-27(30-14-15)16(2)23-22(31-27)12-20-19-6-5-17-11-18(28)8-9-25(17,3)24(19)21(29)13-26(20,23)4/h5,15-16,18-24,28-29H,6-14H2,1-4H3/t15?,16-,18?,19-,20-,21?,22-,23-,24+,25-,26-,27+/m0/s1. The second-order valence-electron chi connectivity index (χ2n) is 12.8. The molecule has 0 amide bonds. The van der Waals surface area contributed by atoms with Gasteiger partial charge in [-0.3, -0.25) is 0 Å². The van der Waals surface area contributed by atoms with Crippen molar-refractivity contribution in [1.82, 2.24) is 0 Å².